The fourth-order valence-electron chi connectivity index (χ4n) is 2.74. The number of anilines is 1. The second-order valence-electron chi connectivity index (χ2n) is 6.45. The van der Waals surface area contributed by atoms with Crippen LogP contribution in [0.3, 0.4) is 0 Å². The van der Waals surface area contributed by atoms with Gasteiger partial charge in [-0.05, 0) is 42.0 Å². The molecule has 0 spiro atoms. The highest BCUT2D eigenvalue weighted by Crippen LogP contribution is 2.32. The molecule has 0 aliphatic rings. The number of halogens is 4. The number of alkyl halides is 3. The van der Waals surface area contributed by atoms with Crippen LogP contribution in [0.4, 0.5) is 23.2 Å². The molecule has 0 radical (unpaired) electrons. The molecular formula is C21H16F4N2O3S. The van der Waals surface area contributed by atoms with E-state index in [2.05, 4.69) is 10.0 Å². The summed E-state index contributed by atoms with van der Waals surface area (Å²) in [5.41, 5.74) is -1.34. The number of benzene rings is 3. The SMILES string of the molecule is O=C(NCc1ccccc1NS(=O)(=O)c1ccccc1)c1ccc(F)c(C(F)(F)F)c1. The number of carbonyl (C=O) groups is 1. The van der Waals surface area contributed by atoms with Crippen molar-refractivity contribution in [3.8, 4) is 0 Å². The van der Waals surface area contributed by atoms with Gasteiger partial charge in [0.2, 0.25) is 0 Å². The van der Waals surface area contributed by atoms with Gasteiger partial charge in [-0.15, -0.1) is 0 Å². The van der Waals surface area contributed by atoms with Crippen LogP contribution >= 0.6 is 0 Å². The van der Waals surface area contributed by atoms with E-state index in [1.807, 2.05) is 0 Å². The predicted molar refractivity (Wildman–Crippen MR) is 106 cm³/mol. The highest BCUT2D eigenvalue weighted by Gasteiger charge is 2.34. The van der Waals surface area contributed by atoms with Crippen molar-refractivity contribution in [1.29, 1.82) is 0 Å². The summed E-state index contributed by atoms with van der Waals surface area (Å²) in [6.07, 6.45) is -4.94. The zero-order valence-electron chi connectivity index (χ0n) is 15.8. The molecule has 162 valence electrons. The molecule has 0 saturated carbocycles. The number of sulfonamides is 1. The van der Waals surface area contributed by atoms with Crippen LogP contribution in [0, 0.1) is 5.82 Å². The first kappa shape index (κ1) is 22.3. The lowest BCUT2D eigenvalue weighted by Gasteiger charge is -2.14. The molecular weight excluding hydrogens is 436 g/mol. The molecule has 3 aromatic carbocycles. The molecule has 0 atom stereocenters. The van der Waals surface area contributed by atoms with Gasteiger partial charge in [0, 0.05) is 12.1 Å². The molecule has 1 amide bonds. The van der Waals surface area contributed by atoms with Crippen LogP contribution in [0.5, 0.6) is 0 Å². The number of carbonyl (C=O) groups excluding carboxylic acids is 1. The highest BCUT2D eigenvalue weighted by molar-refractivity contribution is 7.92. The standard InChI is InChI=1S/C21H16F4N2O3S/c22-18-11-10-14(12-17(18)21(23,24)25)20(28)26-13-15-6-4-5-9-19(15)27-31(29,30)16-7-2-1-3-8-16/h1-12,27H,13H2,(H,26,28). The lowest BCUT2D eigenvalue weighted by molar-refractivity contribution is -0.140. The Balaban J connectivity index is 1.77. The Morgan fingerprint density at radius 1 is 0.903 bits per heavy atom. The molecule has 2 N–H and O–H groups in total. The summed E-state index contributed by atoms with van der Waals surface area (Å²) in [6, 6.07) is 15.8. The number of nitrogens with one attached hydrogen (secondary N) is 2. The molecule has 0 heterocycles. The molecule has 3 aromatic rings. The largest absolute Gasteiger partial charge is 0.419 e. The molecule has 3 rings (SSSR count). The summed E-state index contributed by atoms with van der Waals surface area (Å²) in [6.45, 7) is -0.176. The lowest BCUT2D eigenvalue weighted by Crippen LogP contribution is -2.24. The summed E-state index contributed by atoms with van der Waals surface area (Å²) in [5, 5.41) is 2.42. The van der Waals surface area contributed by atoms with E-state index >= 15 is 0 Å². The highest BCUT2D eigenvalue weighted by atomic mass is 32.2. The third-order valence-corrected chi connectivity index (χ3v) is 5.67. The Morgan fingerprint density at radius 3 is 2.23 bits per heavy atom. The topological polar surface area (TPSA) is 75.3 Å². The van der Waals surface area contributed by atoms with Gasteiger partial charge in [0.05, 0.1) is 16.1 Å². The van der Waals surface area contributed by atoms with E-state index in [1.54, 1.807) is 36.4 Å². The predicted octanol–water partition coefficient (Wildman–Crippen LogP) is 4.58. The Hall–Kier alpha value is -3.40. The first-order valence-corrected chi connectivity index (χ1v) is 10.4. The van der Waals surface area contributed by atoms with E-state index in [-0.39, 0.29) is 22.7 Å². The number of para-hydroxylation sites is 1. The van der Waals surface area contributed by atoms with Crippen molar-refractivity contribution in [2.45, 2.75) is 17.6 Å². The molecule has 0 saturated heterocycles. The van der Waals surface area contributed by atoms with Crippen LogP contribution in [-0.4, -0.2) is 14.3 Å². The van der Waals surface area contributed by atoms with Crippen LogP contribution in [0.15, 0.2) is 77.7 Å². The lowest BCUT2D eigenvalue weighted by atomic mass is 10.1. The first-order chi connectivity index (χ1) is 14.6. The van der Waals surface area contributed by atoms with E-state index in [0.29, 0.717) is 17.7 Å². The Kier molecular flexibility index (Phi) is 6.30. The average molecular weight is 452 g/mol. The maximum absolute atomic E-state index is 13.4. The maximum Gasteiger partial charge on any atom is 0.419 e. The molecule has 0 unspecified atom stereocenters. The second-order valence-corrected chi connectivity index (χ2v) is 8.13. The van der Waals surface area contributed by atoms with Crippen LogP contribution in [0.25, 0.3) is 0 Å². The average Bonchev–Trinajstić information content (AvgIpc) is 2.73. The Morgan fingerprint density at radius 2 is 1.55 bits per heavy atom. The summed E-state index contributed by atoms with van der Waals surface area (Å²) in [5.74, 6) is -2.35. The molecule has 0 fully saturated rings. The van der Waals surface area contributed by atoms with Crippen molar-refractivity contribution in [3.05, 3.63) is 95.3 Å². The van der Waals surface area contributed by atoms with Gasteiger partial charge < -0.3 is 5.32 Å². The van der Waals surface area contributed by atoms with Crippen LogP contribution in [0.1, 0.15) is 21.5 Å². The van der Waals surface area contributed by atoms with Gasteiger partial charge in [-0.3, -0.25) is 9.52 Å². The number of hydrogen-bond acceptors (Lipinski definition) is 3. The zero-order valence-corrected chi connectivity index (χ0v) is 16.6. The van der Waals surface area contributed by atoms with E-state index < -0.39 is 33.5 Å². The van der Waals surface area contributed by atoms with Crippen molar-refractivity contribution in [3.63, 3.8) is 0 Å². The van der Waals surface area contributed by atoms with Gasteiger partial charge in [-0.2, -0.15) is 13.2 Å². The minimum absolute atomic E-state index is 0.0415. The minimum atomic E-state index is -4.94. The van der Waals surface area contributed by atoms with Crippen LogP contribution in [-0.2, 0) is 22.7 Å². The van der Waals surface area contributed by atoms with Crippen LogP contribution in [0.2, 0.25) is 0 Å². The number of amides is 1. The fraction of sp³-hybridized carbons (Fsp3) is 0.0952. The number of hydrogen-bond donors (Lipinski definition) is 2. The quantitative estimate of drug-likeness (QED) is 0.538. The maximum atomic E-state index is 13.4. The third-order valence-electron chi connectivity index (χ3n) is 4.29. The molecule has 31 heavy (non-hydrogen) atoms. The van der Waals surface area contributed by atoms with Crippen molar-refractivity contribution < 1.29 is 30.8 Å². The van der Waals surface area contributed by atoms with Crippen molar-refractivity contribution in [2.75, 3.05) is 4.72 Å². The van der Waals surface area contributed by atoms with E-state index in [1.165, 1.54) is 18.2 Å². The van der Waals surface area contributed by atoms with Gasteiger partial charge in [-0.25, -0.2) is 12.8 Å². The van der Waals surface area contributed by atoms with E-state index in [4.69, 9.17) is 0 Å². The summed E-state index contributed by atoms with van der Waals surface area (Å²) in [4.78, 5) is 12.3. The Bertz CT molecular complexity index is 1200. The monoisotopic (exact) mass is 452 g/mol. The van der Waals surface area contributed by atoms with Gasteiger partial charge in [-0.1, -0.05) is 36.4 Å². The normalized spacial score (nSPS) is 11.7. The van der Waals surface area contributed by atoms with Gasteiger partial charge in [0.1, 0.15) is 5.82 Å². The van der Waals surface area contributed by atoms with Gasteiger partial charge >= 0.3 is 6.18 Å². The molecule has 0 bridgehead atoms. The van der Waals surface area contributed by atoms with E-state index in [9.17, 15) is 30.8 Å². The third kappa shape index (κ3) is 5.40. The fourth-order valence-corrected chi connectivity index (χ4v) is 3.86. The van der Waals surface area contributed by atoms with Crippen molar-refractivity contribution in [1.82, 2.24) is 5.32 Å². The molecule has 0 aliphatic carbocycles. The molecule has 5 nitrogen and oxygen atoms in total. The number of rotatable bonds is 6. The smallest absolute Gasteiger partial charge is 0.348 e. The summed E-state index contributed by atoms with van der Waals surface area (Å²) >= 11 is 0. The molecule has 0 aromatic heterocycles. The minimum Gasteiger partial charge on any atom is -0.348 e. The molecule has 10 heteroatoms. The first-order valence-electron chi connectivity index (χ1n) is 8.88. The summed E-state index contributed by atoms with van der Waals surface area (Å²) in [7, 11) is -3.88. The van der Waals surface area contributed by atoms with Gasteiger partial charge in [0.15, 0.2) is 0 Å². The second kappa shape index (κ2) is 8.76. The zero-order chi connectivity index (χ0) is 22.6. The van der Waals surface area contributed by atoms with Crippen molar-refractivity contribution >= 4 is 21.6 Å². The van der Waals surface area contributed by atoms with Gasteiger partial charge in [0.25, 0.3) is 15.9 Å². The summed E-state index contributed by atoms with van der Waals surface area (Å²) < 4.78 is 79.5. The molecule has 0 aliphatic heterocycles. The Labute approximate surface area is 175 Å². The van der Waals surface area contributed by atoms with Crippen LogP contribution < -0.4 is 10.0 Å². The van der Waals surface area contributed by atoms with E-state index in [0.717, 1.165) is 6.07 Å². The van der Waals surface area contributed by atoms with Crippen molar-refractivity contribution in [2.24, 2.45) is 0 Å².